The third-order valence-electron chi connectivity index (χ3n) is 3.10. The number of hydrogen-bond donors (Lipinski definition) is 2. The number of oxime groups is 1. The van der Waals surface area contributed by atoms with E-state index >= 15 is 0 Å². The number of nitrogens with zero attached hydrogens (tertiary/aromatic N) is 2. The first-order chi connectivity index (χ1) is 6.70. The van der Waals surface area contributed by atoms with Crippen molar-refractivity contribution in [2.24, 2.45) is 22.2 Å². The minimum Gasteiger partial charge on any atom is -0.409 e. The Hall–Kier alpha value is -0.770. The summed E-state index contributed by atoms with van der Waals surface area (Å²) in [6.07, 6.45) is 0. The van der Waals surface area contributed by atoms with Gasteiger partial charge in [0, 0.05) is 18.5 Å². The Morgan fingerprint density at radius 3 is 2.20 bits per heavy atom. The quantitative estimate of drug-likeness (QED) is 0.325. The van der Waals surface area contributed by atoms with E-state index in [1.807, 2.05) is 6.92 Å². The summed E-state index contributed by atoms with van der Waals surface area (Å²) in [6.45, 7) is 11.6. The van der Waals surface area contributed by atoms with Crippen molar-refractivity contribution in [3.8, 4) is 0 Å². The molecule has 4 nitrogen and oxygen atoms in total. The van der Waals surface area contributed by atoms with Gasteiger partial charge in [-0.05, 0) is 19.4 Å². The molecule has 0 aromatic carbocycles. The van der Waals surface area contributed by atoms with E-state index < -0.39 is 0 Å². The summed E-state index contributed by atoms with van der Waals surface area (Å²) in [4.78, 5) is 2.24. The molecule has 3 N–H and O–H groups in total. The van der Waals surface area contributed by atoms with Gasteiger partial charge in [0.25, 0.3) is 0 Å². The maximum Gasteiger partial charge on any atom is 0.143 e. The zero-order chi connectivity index (χ0) is 12.2. The van der Waals surface area contributed by atoms with E-state index in [9.17, 15) is 0 Å². The molecule has 0 spiro atoms. The van der Waals surface area contributed by atoms with Gasteiger partial charge in [0.2, 0.25) is 0 Å². The van der Waals surface area contributed by atoms with Crippen LogP contribution < -0.4 is 5.73 Å². The van der Waals surface area contributed by atoms with Crippen molar-refractivity contribution in [3.63, 3.8) is 0 Å². The highest BCUT2D eigenvalue weighted by molar-refractivity contribution is 5.82. The Balaban J connectivity index is 4.31. The van der Waals surface area contributed by atoms with Crippen molar-refractivity contribution >= 4 is 5.84 Å². The highest BCUT2D eigenvalue weighted by atomic mass is 16.4. The number of rotatable bonds is 4. The van der Waals surface area contributed by atoms with Crippen LogP contribution in [0.25, 0.3) is 0 Å². The fourth-order valence-corrected chi connectivity index (χ4v) is 1.44. The van der Waals surface area contributed by atoms with Crippen LogP contribution in [0.15, 0.2) is 5.16 Å². The molecule has 0 aliphatic heterocycles. The summed E-state index contributed by atoms with van der Waals surface area (Å²) in [7, 11) is 2.07. The zero-order valence-corrected chi connectivity index (χ0v) is 10.8. The highest BCUT2D eigenvalue weighted by Gasteiger charge is 2.25. The molecule has 0 saturated carbocycles. The third-order valence-corrected chi connectivity index (χ3v) is 3.10. The third kappa shape index (κ3) is 4.51. The topological polar surface area (TPSA) is 61.8 Å². The molecule has 2 unspecified atom stereocenters. The van der Waals surface area contributed by atoms with Crippen molar-refractivity contribution in [1.29, 1.82) is 0 Å². The molecule has 0 aromatic heterocycles. The van der Waals surface area contributed by atoms with Crippen LogP contribution in [0.5, 0.6) is 0 Å². The largest absolute Gasteiger partial charge is 0.409 e. The zero-order valence-electron chi connectivity index (χ0n) is 10.8. The van der Waals surface area contributed by atoms with Crippen molar-refractivity contribution in [2.45, 2.75) is 40.7 Å². The monoisotopic (exact) mass is 215 g/mol. The Kier molecular flexibility index (Phi) is 5.08. The molecule has 0 amide bonds. The second-order valence-corrected chi connectivity index (χ2v) is 5.41. The van der Waals surface area contributed by atoms with Gasteiger partial charge in [0.15, 0.2) is 0 Å². The van der Waals surface area contributed by atoms with Gasteiger partial charge in [-0.25, -0.2) is 0 Å². The van der Waals surface area contributed by atoms with Crippen LogP contribution >= 0.6 is 0 Å². The van der Waals surface area contributed by atoms with Gasteiger partial charge in [-0.2, -0.15) is 0 Å². The van der Waals surface area contributed by atoms with Gasteiger partial charge < -0.3 is 15.8 Å². The predicted molar refractivity (Wildman–Crippen MR) is 64.1 cm³/mol. The maximum atomic E-state index is 8.56. The molecule has 0 aliphatic rings. The first-order valence-corrected chi connectivity index (χ1v) is 5.37. The molecule has 90 valence electrons. The molecule has 0 aliphatic carbocycles. The summed E-state index contributed by atoms with van der Waals surface area (Å²) in [5.41, 5.74) is 5.78. The van der Waals surface area contributed by atoms with E-state index in [0.717, 1.165) is 6.54 Å². The van der Waals surface area contributed by atoms with Crippen molar-refractivity contribution in [2.75, 3.05) is 13.6 Å². The van der Waals surface area contributed by atoms with Gasteiger partial charge in [-0.3, -0.25) is 0 Å². The summed E-state index contributed by atoms with van der Waals surface area (Å²) in [5, 5.41) is 11.6. The molecule has 0 bridgehead atoms. The molecule has 0 fully saturated rings. The van der Waals surface area contributed by atoms with E-state index in [0.29, 0.717) is 11.9 Å². The Morgan fingerprint density at radius 1 is 1.40 bits per heavy atom. The van der Waals surface area contributed by atoms with Crippen molar-refractivity contribution < 1.29 is 5.21 Å². The minimum absolute atomic E-state index is 0.0739. The van der Waals surface area contributed by atoms with Crippen LogP contribution in [-0.2, 0) is 0 Å². The van der Waals surface area contributed by atoms with Gasteiger partial charge >= 0.3 is 0 Å². The first-order valence-electron chi connectivity index (χ1n) is 5.37. The van der Waals surface area contributed by atoms with Gasteiger partial charge in [-0.1, -0.05) is 32.9 Å². The molecule has 0 rings (SSSR count). The molecule has 15 heavy (non-hydrogen) atoms. The van der Waals surface area contributed by atoms with Gasteiger partial charge in [0.1, 0.15) is 5.84 Å². The lowest BCUT2D eigenvalue weighted by Crippen LogP contribution is -2.43. The molecule has 2 atom stereocenters. The lowest BCUT2D eigenvalue weighted by atomic mass is 9.87. The average molecular weight is 215 g/mol. The molecular formula is C11H25N3O. The fraction of sp³-hybridized carbons (Fsp3) is 0.909. The summed E-state index contributed by atoms with van der Waals surface area (Å²) in [6, 6.07) is 0.450. The van der Waals surface area contributed by atoms with Crippen LogP contribution in [0.1, 0.15) is 34.6 Å². The van der Waals surface area contributed by atoms with E-state index in [-0.39, 0.29) is 11.3 Å². The van der Waals surface area contributed by atoms with E-state index in [2.05, 4.69) is 44.8 Å². The molecule has 0 heterocycles. The standard InChI is InChI=1S/C11H25N3O/c1-8(10(12)13-15)7-14(6)9(2)11(3,4)5/h8-9,15H,7H2,1-6H3,(H2,12,13). The highest BCUT2D eigenvalue weighted by Crippen LogP contribution is 2.23. The normalized spacial score (nSPS) is 17.9. The van der Waals surface area contributed by atoms with Gasteiger partial charge in [-0.15, -0.1) is 0 Å². The Morgan fingerprint density at radius 2 is 1.87 bits per heavy atom. The number of hydrogen-bond acceptors (Lipinski definition) is 3. The average Bonchev–Trinajstić information content (AvgIpc) is 2.13. The SMILES string of the molecule is CC(CN(C)C(C)C(C)(C)C)C(N)=NO. The second kappa shape index (κ2) is 5.35. The van der Waals surface area contributed by atoms with Crippen molar-refractivity contribution in [1.82, 2.24) is 4.90 Å². The van der Waals surface area contributed by atoms with Gasteiger partial charge in [0.05, 0.1) is 0 Å². The Labute approximate surface area is 93.1 Å². The molecule has 4 heteroatoms. The lowest BCUT2D eigenvalue weighted by Gasteiger charge is -2.36. The lowest BCUT2D eigenvalue weighted by molar-refractivity contribution is 0.134. The van der Waals surface area contributed by atoms with Crippen molar-refractivity contribution in [3.05, 3.63) is 0 Å². The number of amidine groups is 1. The van der Waals surface area contributed by atoms with E-state index in [1.54, 1.807) is 0 Å². The summed E-state index contributed by atoms with van der Waals surface area (Å²) < 4.78 is 0. The van der Waals surface area contributed by atoms with Crippen LogP contribution in [-0.4, -0.2) is 35.6 Å². The first kappa shape index (κ1) is 14.2. The van der Waals surface area contributed by atoms with Crippen LogP contribution in [0.3, 0.4) is 0 Å². The predicted octanol–water partition coefficient (Wildman–Crippen LogP) is 1.74. The van der Waals surface area contributed by atoms with Crippen LogP contribution in [0.4, 0.5) is 0 Å². The number of nitrogens with two attached hydrogens (primary N) is 1. The molecule has 0 radical (unpaired) electrons. The van der Waals surface area contributed by atoms with E-state index in [4.69, 9.17) is 10.9 Å². The minimum atomic E-state index is 0.0739. The smallest absolute Gasteiger partial charge is 0.143 e. The second-order valence-electron chi connectivity index (χ2n) is 5.41. The van der Waals surface area contributed by atoms with Crippen LogP contribution in [0, 0.1) is 11.3 Å². The fourth-order valence-electron chi connectivity index (χ4n) is 1.44. The summed E-state index contributed by atoms with van der Waals surface area (Å²) in [5.74, 6) is 0.368. The molecular weight excluding hydrogens is 190 g/mol. The molecule has 0 saturated heterocycles. The maximum absolute atomic E-state index is 8.56. The Bertz CT molecular complexity index is 220. The van der Waals surface area contributed by atoms with Crippen LogP contribution in [0.2, 0.25) is 0 Å². The molecule has 0 aromatic rings. The summed E-state index contributed by atoms with van der Waals surface area (Å²) >= 11 is 0. The van der Waals surface area contributed by atoms with E-state index in [1.165, 1.54) is 0 Å².